The summed E-state index contributed by atoms with van der Waals surface area (Å²) >= 11 is 1.08. The lowest BCUT2D eigenvalue weighted by molar-refractivity contribution is 0.102. The average Bonchev–Trinajstić information content (AvgIpc) is 2.96. The van der Waals surface area contributed by atoms with Crippen LogP contribution in [0, 0.1) is 5.82 Å². The van der Waals surface area contributed by atoms with Crippen LogP contribution in [-0.2, 0) is 13.0 Å². The third-order valence-corrected chi connectivity index (χ3v) is 3.55. The van der Waals surface area contributed by atoms with Gasteiger partial charge in [-0.25, -0.2) is 4.39 Å². The molecule has 19 heavy (non-hydrogen) atoms. The van der Waals surface area contributed by atoms with Crippen LogP contribution in [0.2, 0.25) is 0 Å². The molecule has 2 N–H and O–H groups in total. The highest BCUT2D eigenvalue weighted by Gasteiger charge is 2.18. The lowest BCUT2D eigenvalue weighted by atomic mass is 9.99. The predicted molar refractivity (Wildman–Crippen MR) is 69.7 cm³/mol. The third kappa shape index (κ3) is 2.34. The number of hydrogen-bond donors (Lipinski definition) is 2. The fourth-order valence-corrected chi connectivity index (χ4v) is 2.52. The minimum absolute atomic E-state index is 0.193. The predicted octanol–water partition coefficient (Wildman–Crippen LogP) is 1.58. The quantitative estimate of drug-likeness (QED) is 0.875. The van der Waals surface area contributed by atoms with E-state index in [1.807, 2.05) is 6.07 Å². The molecule has 1 aromatic heterocycles. The van der Waals surface area contributed by atoms with Gasteiger partial charge in [-0.1, -0.05) is 10.6 Å². The van der Waals surface area contributed by atoms with Gasteiger partial charge in [-0.05, 0) is 41.7 Å². The summed E-state index contributed by atoms with van der Waals surface area (Å²) in [6.45, 7) is 1.41. The maximum Gasteiger partial charge on any atom is 0.277 e. The molecule has 0 bridgehead atoms. The molecule has 0 aliphatic carbocycles. The first-order valence-corrected chi connectivity index (χ1v) is 6.69. The van der Waals surface area contributed by atoms with E-state index in [9.17, 15) is 9.18 Å². The number of fused-ring (bicyclic) bond motifs is 1. The van der Waals surface area contributed by atoms with E-state index in [-0.39, 0.29) is 17.2 Å². The highest BCUT2D eigenvalue weighted by Crippen LogP contribution is 2.24. The van der Waals surface area contributed by atoms with Crippen LogP contribution in [-0.4, -0.2) is 22.0 Å². The molecule has 1 amide bonds. The topological polar surface area (TPSA) is 66.9 Å². The second-order valence-electron chi connectivity index (χ2n) is 4.24. The molecule has 3 rings (SSSR count). The van der Waals surface area contributed by atoms with Crippen LogP contribution in [0.15, 0.2) is 17.5 Å². The summed E-state index contributed by atoms with van der Waals surface area (Å²) in [5, 5.41) is 10.9. The first-order chi connectivity index (χ1) is 9.25. The zero-order valence-electron chi connectivity index (χ0n) is 9.94. The molecule has 7 heteroatoms. The minimum atomic E-state index is -0.443. The summed E-state index contributed by atoms with van der Waals surface area (Å²) in [6.07, 6.45) is 0.628. The molecule has 2 heterocycles. The van der Waals surface area contributed by atoms with Crippen molar-refractivity contribution >= 4 is 23.1 Å². The Hall–Kier alpha value is -1.86. The van der Waals surface area contributed by atoms with Gasteiger partial charge in [-0.2, -0.15) is 0 Å². The number of benzene rings is 1. The molecule has 0 fully saturated rings. The molecule has 1 aromatic carbocycles. The largest absolute Gasteiger partial charge is 0.318 e. The van der Waals surface area contributed by atoms with Crippen LogP contribution in [0.4, 0.5) is 10.1 Å². The van der Waals surface area contributed by atoms with Gasteiger partial charge >= 0.3 is 0 Å². The van der Waals surface area contributed by atoms with Crippen LogP contribution in [0.5, 0.6) is 0 Å². The lowest BCUT2D eigenvalue weighted by Crippen LogP contribution is -2.25. The molecule has 1 aliphatic heterocycles. The Balaban J connectivity index is 1.87. The third-order valence-electron chi connectivity index (χ3n) is 3.05. The number of anilines is 1. The molecule has 0 saturated carbocycles. The Kier molecular flexibility index (Phi) is 3.22. The summed E-state index contributed by atoms with van der Waals surface area (Å²) in [5.74, 6) is -0.794. The average molecular weight is 278 g/mol. The number of hydrogen-bond acceptors (Lipinski definition) is 5. The normalized spacial score (nSPS) is 13.9. The van der Waals surface area contributed by atoms with Crippen molar-refractivity contribution in [2.45, 2.75) is 13.0 Å². The second-order valence-corrected chi connectivity index (χ2v) is 4.85. The van der Waals surface area contributed by atoms with Crippen molar-refractivity contribution in [1.82, 2.24) is 14.9 Å². The number of rotatable bonds is 2. The Morgan fingerprint density at radius 3 is 3.16 bits per heavy atom. The van der Waals surface area contributed by atoms with E-state index in [2.05, 4.69) is 20.2 Å². The molecule has 1 aliphatic rings. The Morgan fingerprint density at radius 2 is 2.37 bits per heavy atom. The van der Waals surface area contributed by atoms with Gasteiger partial charge in [0.25, 0.3) is 5.91 Å². The summed E-state index contributed by atoms with van der Waals surface area (Å²) in [5.41, 5.74) is 2.01. The van der Waals surface area contributed by atoms with Crippen molar-refractivity contribution in [3.63, 3.8) is 0 Å². The van der Waals surface area contributed by atoms with Gasteiger partial charge in [0, 0.05) is 11.9 Å². The molecule has 0 unspecified atom stereocenters. The maximum atomic E-state index is 14.3. The fraction of sp³-hybridized carbons (Fsp3) is 0.250. The number of nitrogens with one attached hydrogen (secondary N) is 2. The van der Waals surface area contributed by atoms with E-state index in [1.54, 1.807) is 6.07 Å². The molecular formula is C12H11FN4OS. The summed E-state index contributed by atoms with van der Waals surface area (Å²) in [7, 11) is 0. The second kappa shape index (κ2) is 5.02. The van der Waals surface area contributed by atoms with Gasteiger partial charge in [0.2, 0.25) is 0 Å². The monoisotopic (exact) mass is 278 g/mol. The van der Waals surface area contributed by atoms with E-state index in [0.29, 0.717) is 18.5 Å². The lowest BCUT2D eigenvalue weighted by Gasteiger charge is -2.19. The Morgan fingerprint density at radius 1 is 1.47 bits per heavy atom. The summed E-state index contributed by atoms with van der Waals surface area (Å²) in [6, 6.07) is 3.42. The standard InChI is InChI=1S/C12H11FN4OS/c13-11-8-3-4-14-5-7(8)1-2-9(11)15-12(18)10-6-19-17-16-10/h1-2,6,14H,3-5H2,(H,15,18). The number of carbonyl (C=O) groups excluding carboxylic acids is 1. The van der Waals surface area contributed by atoms with Crippen molar-refractivity contribution in [2.24, 2.45) is 0 Å². The van der Waals surface area contributed by atoms with Gasteiger partial charge in [0.1, 0.15) is 5.82 Å². The number of nitrogens with zero attached hydrogens (tertiary/aromatic N) is 2. The van der Waals surface area contributed by atoms with Crippen LogP contribution < -0.4 is 10.6 Å². The van der Waals surface area contributed by atoms with E-state index >= 15 is 0 Å². The van der Waals surface area contributed by atoms with Crippen LogP contribution in [0.1, 0.15) is 21.6 Å². The van der Waals surface area contributed by atoms with Gasteiger partial charge in [0.15, 0.2) is 5.69 Å². The fourth-order valence-electron chi connectivity index (χ4n) is 2.08. The van der Waals surface area contributed by atoms with Crippen LogP contribution >= 0.6 is 11.5 Å². The van der Waals surface area contributed by atoms with Crippen molar-refractivity contribution in [1.29, 1.82) is 0 Å². The summed E-state index contributed by atoms with van der Waals surface area (Å²) < 4.78 is 17.9. The summed E-state index contributed by atoms with van der Waals surface area (Å²) in [4.78, 5) is 11.8. The zero-order valence-corrected chi connectivity index (χ0v) is 10.8. The van der Waals surface area contributed by atoms with Crippen molar-refractivity contribution < 1.29 is 9.18 Å². The zero-order chi connectivity index (χ0) is 13.2. The first kappa shape index (κ1) is 12.2. The van der Waals surface area contributed by atoms with Crippen molar-refractivity contribution in [3.05, 3.63) is 40.2 Å². The Labute approximate surface area is 113 Å². The highest BCUT2D eigenvalue weighted by molar-refractivity contribution is 7.03. The maximum absolute atomic E-state index is 14.3. The number of halogens is 1. The van der Waals surface area contributed by atoms with Crippen molar-refractivity contribution in [3.8, 4) is 0 Å². The van der Waals surface area contributed by atoms with Gasteiger partial charge in [-0.3, -0.25) is 4.79 Å². The molecule has 2 aromatic rings. The number of amides is 1. The van der Waals surface area contributed by atoms with E-state index in [4.69, 9.17) is 0 Å². The van der Waals surface area contributed by atoms with Gasteiger partial charge < -0.3 is 10.6 Å². The molecule has 0 saturated heterocycles. The van der Waals surface area contributed by atoms with Crippen LogP contribution in [0.25, 0.3) is 0 Å². The molecule has 0 radical (unpaired) electrons. The molecule has 5 nitrogen and oxygen atoms in total. The number of carbonyl (C=O) groups is 1. The minimum Gasteiger partial charge on any atom is -0.318 e. The SMILES string of the molecule is O=C(Nc1ccc2c(c1F)CCNC2)c1csnn1. The molecule has 0 spiro atoms. The van der Waals surface area contributed by atoms with E-state index in [0.717, 1.165) is 23.6 Å². The van der Waals surface area contributed by atoms with Gasteiger partial charge in [0.05, 0.1) is 5.69 Å². The Bertz CT molecular complexity index is 614. The van der Waals surface area contributed by atoms with Crippen LogP contribution in [0.3, 0.4) is 0 Å². The van der Waals surface area contributed by atoms with Gasteiger partial charge in [-0.15, -0.1) is 5.10 Å². The van der Waals surface area contributed by atoms with E-state index < -0.39 is 5.91 Å². The first-order valence-electron chi connectivity index (χ1n) is 5.85. The molecule has 0 atom stereocenters. The van der Waals surface area contributed by atoms with Crippen molar-refractivity contribution in [2.75, 3.05) is 11.9 Å². The molecule has 98 valence electrons. The smallest absolute Gasteiger partial charge is 0.277 e. The number of aromatic nitrogens is 2. The highest BCUT2D eigenvalue weighted by atomic mass is 32.1. The van der Waals surface area contributed by atoms with E-state index in [1.165, 1.54) is 5.38 Å². The molecular weight excluding hydrogens is 267 g/mol.